The zero-order valence-electron chi connectivity index (χ0n) is 11.3. The largest absolute Gasteiger partial charge is 0.478 e. The topological polar surface area (TPSA) is 37.3 Å². The zero-order chi connectivity index (χ0) is 14.7. The molecule has 2 aromatic carbocycles. The summed E-state index contributed by atoms with van der Waals surface area (Å²) in [4.78, 5) is 11.3. The quantitative estimate of drug-likeness (QED) is 0.846. The number of halogens is 1. The first kappa shape index (κ1) is 14.6. The van der Waals surface area contributed by atoms with E-state index in [2.05, 4.69) is 6.07 Å². The van der Waals surface area contributed by atoms with Gasteiger partial charge in [0.1, 0.15) is 5.82 Å². The number of benzene rings is 2. The molecule has 0 saturated heterocycles. The molecular formula is C16H15FO2S. The van der Waals surface area contributed by atoms with Crippen molar-refractivity contribution < 1.29 is 14.3 Å². The van der Waals surface area contributed by atoms with Crippen molar-refractivity contribution in [1.29, 1.82) is 0 Å². The van der Waals surface area contributed by atoms with Gasteiger partial charge in [0.25, 0.3) is 0 Å². The van der Waals surface area contributed by atoms with E-state index in [0.29, 0.717) is 5.75 Å². The Hall–Kier alpha value is -1.81. The molecule has 2 rings (SSSR count). The van der Waals surface area contributed by atoms with E-state index >= 15 is 0 Å². The number of carbonyl (C=O) groups is 1. The molecule has 4 heteroatoms. The van der Waals surface area contributed by atoms with Gasteiger partial charge in [-0.15, -0.1) is 11.8 Å². The smallest absolute Gasteiger partial charge is 0.336 e. The maximum absolute atomic E-state index is 13.8. The molecule has 0 bridgehead atoms. The third-order valence-corrected chi connectivity index (χ3v) is 4.04. The molecule has 0 aliphatic rings. The lowest BCUT2D eigenvalue weighted by molar-refractivity contribution is 0.0692. The molecule has 0 amide bonds. The summed E-state index contributed by atoms with van der Waals surface area (Å²) in [6.45, 7) is 4.01. The van der Waals surface area contributed by atoms with Crippen molar-refractivity contribution in [3.8, 4) is 0 Å². The molecule has 20 heavy (non-hydrogen) atoms. The van der Waals surface area contributed by atoms with Crippen LogP contribution in [0.1, 0.15) is 27.0 Å². The first-order valence-corrected chi connectivity index (χ1v) is 7.17. The van der Waals surface area contributed by atoms with E-state index in [1.165, 1.54) is 30.0 Å². The number of aryl methyl sites for hydroxylation is 2. The predicted molar refractivity (Wildman–Crippen MR) is 78.8 cm³/mol. The van der Waals surface area contributed by atoms with Crippen molar-refractivity contribution in [3.05, 3.63) is 64.5 Å². The lowest BCUT2D eigenvalue weighted by Crippen LogP contribution is -2.01. The van der Waals surface area contributed by atoms with Gasteiger partial charge < -0.3 is 5.11 Å². The van der Waals surface area contributed by atoms with E-state index in [0.717, 1.165) is 16.7 Å². The summed E-state index contributed by atoms with van der Waals surface area (Å²) >= 11 is 1.22. The highest BCUT2D eigenvalue weighted by molar-refractivity contribution is 7.98. The van der Waals surface area contributed by atoms with Crippen molar-refractivity contribution in [2.75, 3.05) is 0 Å². The summed E-state index contributed by atoms with van der Waals surface area (Å²) in [7, 11) is 0. The Balaban J connectivity index is 2.25. The summed E-state index contributed by atoms with van der Waals surface area (Å²) in [6, 6.07) is 10.3. The second-order valence-corrected chi connectivity index (χ2v) is 5.69. The van der Waals surface area contributed by atoms with E-state index in [4.69, 9.17) is 5.11 Å². The molecule has 0 unspecified atom stereocenters. The number of hydrogen-bond donors (Lipinski definition) is 1. The zero-order valence-corrected chi connectivity index (χ0v) is 12.1. The van der Waals surface area contributed by atoms with Crippen LogP contribution in [0.4, 0.5) is 4.39 Å². The second-order valence-electron chi connectivity index (χ2n) is 4.71. The minimum Gasteiger partial charge on any atom is -0.478 e. The van der Waals surface area contributed by atoms with Crippen LogP contribution in [0.5, 0.6) is 0 Å². The molecular weight excluding hydrogens is 275 g/mol. The van der Waals surface area contributed by atoms with Crippen LogP contribution >= 0.6 is 11.8 Å². The molecule has 0 radical (unpaired) electrons. The first-order chi connectivity index (χ1) is 9.47. The Bertz CT molecular complexity index is 633. The maximum atomic E-state index is 13.8. The average molecular weight is 290 g/mol. The lowest BCUT2D eigenvalue weighted by Gasteiger charge is -2.08. The van der Waals surface area contributed by atoms with Crippen molar-refractivity contribution in [2.24, 2.45) is 0 Å². The highest BCUT2D eigenvalue weighted by atomic mass is 32.2. The van der Waals surface area contributed by atoms with Crippen LogP contribution in [-0.2, 0) is 5.75 Å². The summed E-state index contributed by atoms with van der Waals surface area (Å²) in [5.41, 5.74) is 3.37. The van der Waals surface area contributed by atoms with Crippen molar-refractivity contribution in [3.63, 3.8) is 0 Å². The van der Waals surface area contributed by atoms with Gasteiger partial charge in [-0.3, -0.25) is 0 Å². The Kier molecular flexibility index (Phi) is 4.45. The van der Waals surface area contributed by atoms with Crippen molar-refractivity contribution in [2.45, 2.75) is 24.5 Å². The minimum absolute atomic E-state index is 0.0133. The Morgan fingerprint density at radius 1 is 1.20 bits per heavy atom. The molecule has 2 nitrogen and oxygen atoms in total. The van der Waals surface area contributed by atoms with Crippen molar-refractivity contribution >= 4 is 17.7 Å². The Morgan fingerprint density at radius 2 is 1.85 bits per heavy atom. The minimum atomic E-state index is -1.10. The molecule has 2 aromatic rings. The molecule has 0 aromatic heterocycles. The van der Waals surface area contributed by atoms with Crippen LogP contribution in [0.3, 0.4) is 0 Å². The van der Waals surface area contributed by atoms with E-state index < -0.39 is 11.8 Å². The first-order valence-electron chi connectivity index (χ1n) is 6.19. The summed E-state index contributed by atoms with van der Waals surface area (Å²) in [5.74, 6) is -1.05. The van der Waals surface area contributed by atoms with Gasteiger partial charge in [0, 0.05) is 5.75 Å². The third kappa shape index (κ3) is 3.39. The van der Waals surface area contributed by atoms with Crippen LogP contribution in [0.25, 0.3) is 0 Å². The number of rotatable bonds is 4. The molecule has 1 N–H and O–H groups in total. The van der Waals surface area contributed by atoms with Gasteiger partial charge >= 0.3 is 5.97 Å². The Labute approximate surface area is 121 Å². The second kappa shape index (κ2) is 6.09. The van der Waals surface area contributed by atoms with Gasteiger partial charge in [0.2, 0.25) is 0 Å². The van der Waals surface area contributed by atoms with Gasteiger partial charge in [-0.05, 0) is 31.5 Å². The van der Waals surface area contributed by atoms with Gasteiger partial charge in [0.15, 0.2) is 0 Å². The SMILES string of the molecule is Cc1cc(C)cc(CSc2c(F)cccc2C(=O)O)c1. The van der Waals surface area contributed by atoms with E-state index in [9.17, 15) is 9.18 Å². The average Bonchev–Trinajstić information content (AvgIpc) is 2.35. The van der Waals surface area contributed by atoms with E-state index in [1.807, 2.05) is 26.0 Å². The molecule has 0 spiro atoms. The molecule has 0 fully saturated rings. The van der Waals surface area contributed by atoms with Gasteiger partial charge in [-0.1, -0.05) is 35.4 Å². The fraction of sp³-hybridized carbons (Fsp3) is 0.188. The highest BCUT2D eigenvalue weighted by Crippen LogP contribution is 2.29. The summed E-state index contributed by atoms with van der Waals surface area (Å²) in [5, 5.41) is 9.10. The van der Waals surface area contributed by atoms with Gasteiger partial charge in [0.05, 0.1) is 10.5 Å². The van der Waals surface area contributed by atoms with Crippen LogP contribution in [0, 0.1) is 19.7 Å². The molecule has 0 atom stereocenters. The molecule has 0 heterocycles. The highest BCUT2D eigenvalue weighted by Gasteiger charge is 2.14. The molecule has 104 valence electrons. The predicted octanol–water partition coefficient (Wildman–Crippen LogP) is 4.43. The van der Waals surface area contributed by atoms with Crippen LogP contribution in [0.2, 0.25) is 0 Å². The van der Waals surface area contributed by atoms with Crippen LogP contribution < -0.4 is 0 Å². The molecule has 0 saturated carbocycles. The standard InChI is InChI=1S/C16H15FO2S/c1-10-6-11(2)8-12(7-10)9-20-15-13(16(18)19)4-3-5-14(15)17/h3-8H,9H2,1-2H3,(H,18,19). The number of hydrogen-bond acceptors (Lipinski definition) is 2. The number of aromatic carboxylic acids is 1. The van der Waals surface area contributed by atoms with Crippen molar-refractivity contribution in [1.82, 2.24) is 0 Å². The maximum Gasteiger partial charge on any atom is 0.336 e. The van der Waals surface area contributed by atoms with E-state index in [1.54, 1.807) is 0 Å². The number of carboxylic acids is 1. The number of carboxylic acid groups (broad SMARTS) is 1. The number of thioether (sulfide) groups is 1. The monoisotopic (exact) mass is 290 g/mol. The summed E-state index contributed by atoms with van der Waals surface area (Å²) in [6.07, 6.45) is 0. The van der Waals surface area contributed by atoms with Gasteiger partial charge in [-0.2, -0.15) is 0 Å². The summed E-state index contributed by atoms with van der Waals surface area (Å²) < 4.78 is 13.8. The van der Waals surface area contributed by atoms with Crippen LogP contribution in [-0.4, -0.2) is 11.1 Å². The van der Waals surface area contributed by atoms with Gasteiger partial charge in [-0.25, -0.2) is 9.18 Å². The molecule has 0 aliphatic carbocycles. The fourth-order valence-corrected chi connectivity index (χ4v) is 3.13. The normalized spacial score (nSPS) is 10.6. The van der Waals surface area contributed by atoms with Crippen LogP contribution in [0.15, 0.2) is 41.3 Å². The molecule has 0 aliphatic heterocycles. The third-order valence-electron chi connectivity index (χ3n) is 2.86. The van der Waals surface area contributed by atoms with E-state index in [-0.39, 0.29) is 10.5 Å². The fourth-order valence-electron chi connectivity index (χ4n) is 2.13. The Morgan fingerprint density at radius 3 is 2.45 bits per heavy atom. The lowest BCUT2D eigenvalue weighted by atomic mass is 10.1.